The van der Waals surface area contributed by atoms with Crippen LogP contribution in [0.4, 0.5) is 0 Å². The maximum Gasteiger partial charge on any atom is 0.338 e. The minimum Gasteiger partial charge on any atom is -0.494 e. The quantitative estimate of drug-likeness (QED) is 0.380. The Labute approximate surface area is 137 Å². The molecule has 2 rings (SSSR count). The highest BCUT2D eigenvalue weighted by Crippen LogP contribution is 2.14. The van der Waals surface area contributed by atoms with Crippen molar-refractivity contribution in [3.8, 4) is 5.75 Å². The van der Waals surface area contributed by atoms with Gasteiger partial charge in [-0.05, 0) is 49.1 Å². The molecular formula is C20H22O3. The number of rotatable bonds is 9. The Morgan fingerprint density at radius 3 is 2.43 bits per heavy atom. The van der Waals surface area contributed by atoms with Crippen LogP contribution in [0, 0.1) is 0 Å². The Morgan fingerprint density at radius 1 is 1.00 bits per heavy atom. The number of hydrogen-bond acceptors (Lipinski definition) is 3. The smallest absolute Gasteiger partial charge is 0.338 e. The standard InChI is InChI=1S/C20H22O3/c1-2-3-4-8-15-22-19-13-11-18(12-14-19)20(21)23-16-17-9-6-5-7-10-17/h2,5-7,9-14H,1,3-4,8,15-16H2. The van der Waals surface area contributed by atoms with Gasteiger partial charge in [-0.1, -0.05) is 36.4 Å². The van der Waals surface area contributed by atoms with Crippen LogP contribution < -0.4 is 4.74 Å². The summed E-state index contributed by atoms with van der Waals surface area (Å²) in [4.78, 5) is 12.0. The fourth-order valence-corrected chi connectivity index (χ4v) is 2.07. The van der Waals surface area contributed by atoms with Gasteiger partial charge in [0.15, 0.2) is 0 Å². The Morgan fingerprint density at radius 2 is 1.74 bits per heavy atom. The summed E-state index contributed by atoms with van der Waals surface area (Å²) in [7, 11) is 0. The first-order valence-electron chi connectivity index (χ1n) is 7.84. The van der Waals surface area contributed by atoms with E-state index in [1.54, 1.807) is 24.3 Å². The molecule has 0 amide bonds. The molecule has 0 N–H and O–H groups in total. The van der Waals surface area contributed by atoms with E-state index in [2.05, 4.69) is 6.58 Å². The monoisotopic (exact) mass is 310 g/mol. The van der Waals surface area contributed by atoms with E-state index in [-0.39, 0.29) is 12.6 Å². The number of unbranched alkanes of at least 4 members (excludes halogenated alkanes) is 2. The lowest BCUT2D eigenvalue weighted by atomic mass is 10.2. The molecule has 0 saturated heterocycles. The first-order chi connectivity index (χ1) is 11.3. The summed E-state index contributed by atoms with van der Waals surface area (Å²) >= 11 is 0. The lowest BCUT2D eigenvalue weighted by Crippen LogP contribution is -2.05. The van der Waals surface area contributed by atoms with Crippen LogP contribution >= 0.6 is 0 Å². The van der Waals surface area contributed by atoms with Gasteiger partial charge in [0.05, 0.1) is 12.2 Å². The van der Waals surface area contributed by atoms with Crippen LogP contribution in [0.3, 0.4) is 0 Å². The molecule has 3 heteroatoms. The van der Waals surface area contributed by atoms with E-state index in [0.717, 1.165) is 30.6 Å². The predicted octanol–water partition coefficient (Wildman–Crippen LogP) is 4.78. The third kappa shape index (κ3) is 5.99. The maximum absolute atomic E-state index is 12.0. The van der Waals surface area contributed by atoms with Gasteiger partial charge in [0.25, 0.3) is 0 Å². The van der Waals surface area contributed by atoms with Crippen LogP contribution in [-0.4, -0.2) is 12.6 Å². The van der Waals surface area contributed by atoms with Crippen molar-refractivity contribution in [2.75, 3.05) is 6.61 Å². The van der Waals surface area contributed by atoms with E-state index in [4.69, 9.17) is 9.47 Å². The number of hydrogen-bond donors (Lipinski definition) is 0. The molecule has 120 valence electrons. The van der Waals surface area contributed by atoms with Crippen LogP contribution in [-0.2, 0) is 11.3 Å². The SMILES string of the molecule is C=CCCCCOc1ccc(C(=O)OCc2ccccc2)cc1. The van der Waals surface area contributed by atoms with Gasteiger partial charge in [0, 0.05) is 0 Å². The van der Waals surface area contributed by atoms with Gasteiger partial charge < -0.3 is 9.47 Å². The molecule has 0 aromatic heterocycles. The van der Waals surface area contributed by atoms with Gasteiger partial charge in [-0.25, -0.2) is 4.79 Å². The second-order valence-electron chi connectivity index (χ2n) is 5.22. The van der Waals surface area contributed by atoms with Crippen LogP contribution in [0.2, 0.25) is 0 Å². The van der Waals surface area contributed by atoms with Crippen LogP contribution in [0.1, 0.15) is 35.2 Å². The van der Waals surface area contributed by atoms with Gasteiger partial charge >= 0.3 is 5.97 Å². The van der Waals surface area contributed by atoms with Crippen molar-refractivity contribution < 1.29 is 14.3 Å². The average Bonchev–Trinajstić information content (AvgIpc) is 2.61. The predicted molar refractivity (Wildman–Crippen MR) is 91.5 cm³/mol. The Balaban J connectivity index is 1.77. The summed E-state index contributed by atoms with van der Waals surface area (Å²) in [6.45, 7) is 4.64. The van der Waals surface area contributed by atoms with Gasteiger partial charge in [-0.2, -0.15) is 0 Å². The highest BCUT2D eigenvalue weighted by atomic mass is 16.5. The molecule has 0 aliphatic rings. The number of carbonyl (C=O) groups is 1. The molecule has 0 atom stereocenters. The molecule has 0 unspecified atom stereocenters. The number of allylic oxidation sites excluding steroid dienone is 1. The first kappa shape index (κ1) is 16.8. The molecule has 0 aliphatic heterocycles. The van der Waals surface area contributed by atoms with Gasteiger partial charge in [-0.3, -0.25) is 0 Å². The van der Waals surface area contributed by atoms with E-state index in [1.165, 1.54) is 0 Å². The summed E-state index contributed by atoms with van der Waals surface area (Å²) in [5, 5.41) is 0. The zero-order valence-electron chi connectivity index (χ0n) is 13.2. The average molecular weight is 310 g/mol. The van der Waals surface area contributed by atoms with E-state index in [1.807, 2.05) is 36.4 Å². The molecule has 0 spiro atoms. The van der Waals surface area contributed by atoms with E-state index in [9.17, 15) is 4.79 Å². The van der Waals surface area contributed by atoms with E-state index < -0.39 is 0 Å². The molecular weight excluding hydrogens is 288 g/mol. The summed E-state index contributed by atoms with van der Waals surface area (Å²) in [5.74, 6) is 0.439. The van der Waals surface area contributed by atoms with E-state index in [0.29, 0.717) is 12.2 Å². The Kier molecular flexibility index (Phi) is 6.92. The van der Waals surface area contributed by atoms with Gasteiger partial charge in [-0.15, -0.1) is 6.58 Å². The zero-order chi connectivity index (χ0) is 16.3. The van der Waals surface area contributed by atoms with E-state index >= 15 is 0 Å². The molecule has 0 radical (unpaired) electrons. The van der Waals surface area contributed by atoms with Crippen molar-refractivity contribution >= 4 is 5.97 Å². The number of benzene rings is 2. The molecule has 23 heavy (non-hydrogen) atoms. The van der Waals surface area contributed by atoms with Crippen molar-refractivity contribution in [1.29, 1.82) is 0 Å². The Bertz CT molecular complexity index is 603. The molecule has 3 nitrogen and oxygen atoms in total. The highest BCUT2D eigenvalue weighted by Gasteiger charge is 2.07. The largest absolute Gasteiger partial charge is 0.494 e. The summed E-state index contributed by atoms with van der Waals surface area (Å²) < 4.78 is 10.9. The van der Waals surface area contributed by atoms with Crippen molar-refractivity contribution in [3.63, 3.8) is 0 Å². The van der Waals surface area contributed by atoms with Gasteiger partial charge in [0.2, 0.25) is 0 Å². The third-order valence-electron chi connectivity index (χ3n) is 3.37. The number of esters is 1. The molecule has 2 aromatic carbocycles. The highest BCUT2D eigenvalue weighted by molar-refractivity contribution is 5.89. The minimum atomic E-state index is -0.327. The van der Waals surface area contributed by atoms with Crippen LogP contribution in [0.25, 0.3) is 0 Å². The Hall–Kier alpha value is -2.55. The number of ether oxygens (including phenoxy) is 2. The van der Waals surface area contributed by atoms with Crippen molar-refractivity contribution in [2.24, 2.45) is 0 Å². The van der Waals surface area contributed by atoms with Crippen molar-refractivity contribution in [2.45, 2.75) is 25.9 Å². The van der Waals surface area contributed by atoms with Gasteiger partial charge in [0.1, 0.15) is 12.4 Å². The second kappa shape index (κ2) is 9.46. The molecule has 0 fully saturated rings. The second-order valence-corrected chi connectivity index (χ2v) is 5.22. The fraction of sp³-hybridized carbons (Fsp3) is 0.250. The van der Waals surface area contributed by atoms with Crippen LogP contribution in [0.5, 0.6) is 5.75 Å². The minimum absolute atomic E-state index is 0.279. The van der Waals surface area contributed by atoms with Crippen LogP contribution in [0.15, 0.2) is 67.3 Å². The lowest BCUT2D eigenvalue weighted by Gasteiger charge is -2.07. The molecule has 0 saturated carbocycles. The molecule has 0 bridgehead atoms. The third-order valence-corrected chi connectivity index (χ3v) is 3.37. The van der Waals surface area contributed by atoms with Crippen molar-refractivity contribution in [3.05, 3.63) is 78.4 Å². The normalized spacial score (nSPS) is 10.1. The molecule has 2 aromatic rings. The molecule has 0 heterocycles. The topological polar surface area (TPSA) is 35.5 Å². The molecule has 0 aliphatic carbocycles. The maximum atomic E-state index is 12.0. The summed E-state index contributed by atoms with van der Waals surface area (Å²) in [6.07, 6.45) is 4.99. The number of carbonyl (C=O) groups excluding carboxylic acids is 1. The van der Waals surface area contributed by atoms with Crippen molar-refractivity contribution in [1.82, 2.24) is 0 Å². The fourth-order valence-electron chi connectivity index (χ4n) is 2.07. The first-order valence-corrected chi connectivity index (χ1v) is 7.84. The summed E-state index contributed by atoms with van der Waals surface area (Å²) in [5.41, 5.74) is 1.50. The zero-order valence-corrected chi connectivity index (χ0v) is 13.2. The lowest BCUT2D eigenvalue weighted by molar-refractivity contribution is 0.0472. The summed E-state index contributed by atoms with van der Waals surface area (Å²) in [6, 6.07) is 16.7.